The first-order valence-electron chi connectivity index (χ1n) is 7.42. The van der Waals surface area contributed by atoms with Crippen LogP contribution < -0.4 is 5.32 Å². The summed E-state index contributed by atoms with van der Waals surface area (Å²) in [5.74, 6) is -2.12. The van der Waals surface area contributed by atoms with Crippen molar-refractivity contribution in [1.29, 1.82) is 0 Å². The number of halogens is 6. The second kappa shape index (κ2) is 7.04. The van der Waals surface area contributed by atoms with Crippen LogP contribution in [-0.2, 0) is 11.0 Å². The molecule has 1 aliphatic heterocycles. The van der Waals surface area contributed by atoms with Crippen LogP contribution in [-0.4, -0.2) is 41.3 Å². The van der Waals surface area contributed by atoms with Gasteiger partial charge in [0.2, 0.25) is 0 Å². The summed E-state index contributed by atoms with van der Waals surface area (Å²) in [5.41, 5.74) is -2.64. The highest BCUT2D eigenvalue weighted by molar-refractivity contribution is 5.77. The maximum absolute atomic E-state index is 13.3. The first-order chi connectivity index (χ1) is 11.9. The third kappa shape index (κ3) is 4.38. The number of carbonyl (C=O) groups excluding carboxylic acids is 1. The number of benzene rings is 1. The number of alkyl halides is 6. The van der Waals surface area contributed by atoms with Gasteiger partial charge in [0.25, 0.3) is 0 Å². The minimum Gasteiger partial charge on any atom is -0.481 e. The second-order valence-corrected chi connectivity index (χ2v) is 5.78. The lowest BCUT2D eigenvalue weighted by Crippen LogP contribution is -2.45. The number of aliphatic carboxylic acids is 1. The van der Waals surface area contributed by atoms with Crippen molar-refractivity contribution in [3.05, 3.63) is 35.4 Å². The lowest BCUT2D eigenvalue weighted by molar-refractivity contribution is -0.160. The minimum absolute atomic E-state index is 0.0541. The van der Waals surface area contributed by atoms with Crippen LogP contribution >= 0.6 is 0 Å². The van der Waals surface area contributed by atoms with E-state index >= 15 is 0 Å². The number of carboxylic acid groups (broad SMARTS) is 1. The molecule has 0 radical (unpaired) electrons. The standard InChI is InChI=1S/C15H14F6N2O3/c16-14(17,18)10-4-2-1-3-9(10)11(15(19,20)21)22-13(26)23-6-5-8(7-23)12(24)25/h1-4,8,11H,5-7H2,(H,22,26)(H,24,25). The molecule has 0 aromatic heterocycles. The summed E-state index contributed by atoms with van der Waals surface area (Å²) in [6.45, 7) is -0.416. The maximum Gasteiger partial charge on any atom is 0.416 e. The summed E-state index contributed by atoms with van der Waals surface area (Å²) in [7, 11) is 0. The van der Waals surface area contributed by atoms with Crippen LogP contribution in [0.3, 0.4) is 0 Å². The van der Waals surface area contributed by atoms with Crippen molar-refractivity contribution in [2.75, 3.05) is 13.1 Å². The number of amides is 2. The van der Waals surface area contributed by atoms with Crippen molar-refractivity contribution in [1.82, 2.24) is 10.2 Å². The van der Waals surface area contributed by atoms with Crippen LogP contribution in [0.1, 0.15) is 23.6 Å². The number of nitrogens with zero attached hydrogens (tertiary/aromatic N) is 1. The summed E-state index contributed by atoms with van der Waals surface area (Å²) in [4.78, 5) is 23.8. The Morgan fingerprint density at radius 2 is 1.77 bits per heavy atom. The number of carboxylic acids is 1. The van der Waals surface area contributed by atoms with Crippen LogP contribution in [0.5, 0.6) is 0 Å². The van der Waals surface area contributed by atoms with E-state index in [9.17, 15) is 35.9 Å². The Kier molecular flexibility index (Phi) is 5.38. The normalized spacial score (nSPS) is 19.3. The van der Waals surface area contributed by atoms with Gasteiger partial charge in [-0.1, -0.05) is 18.2 Å². The van der Waals surface area contributed by atoms with Crippen LogP contribution in [0.15, 0.2) is 24.3 Å². The van der Waals surface area contributed by atoms with E-state index in [1.165, 1.54) is 0 Å². The van der Waals surface area contributed by atoms with E-state index in [-0.39, 0.29) is 19.5 Å². The van der Waals surface area contributed by atoms with Crippen molar-refractivity contribution >= 4 is 12.0 Å². The molecule has 1 aromatic carbocycles. The number of hydrogen-bond acceptors (Lipinski definition) is 2. The van der Waals surface area contributed by atoms with Gasteiger partial charge in [-0.3, -0.25) is 4.79 Å². The molecule has 0 bridgehead atoms. The van der Waals surface area contributed by atoms with Crippen molar-refractivity contribution in [3.8, 4) is 0 Å². The Morgan fingerprint density at radius 3 is 2.27 bits per heavy atom. The Morgan fingerprint density at radius 1 is 1.15 bits per heavy atom. The van der Waals surface area contributed by atoms with Gasteiger partial charge >= 0.3 is 24.4 Å². The van der Waals surface area contributed by atoms with Gasteiger partial charge < -0.3 is 15.3 Å². The first-order valence-corrected chi connectivity index (χ1v) is 7.42. The number of rotatable bonds is 3. The molecule has 144 valence electrons. The van der Waals surface area contributed by atoms with Crippen molar-refractivity contribution in [3.63, 3.8) is 0 Å². The third-order valence-corrected chi connectivity index (χ3v) is 4.00. The number of urea groups is 1. The van der Waals surface area contributed by atoms with Gasteiger partial charge in [0, 0.05) is 13.1 Å². The lowest BCUT2D eigenvalue weighted by Gasteiger charge is -2.27. The average molecular weight is 384 g/mol. The predicted molar refractivity (Wildman–Crippen MR) is 76.1 cm³/mol. The number of nitrogens with one attached hydrogen (secondary N) is 1. The molecule has 2 amide bonds. The molecule has 1 saturated heterocycles. The second-order valence-electron chi connectivity index (χ2n) is 5.78. The smallest absolute Gasteiger partial charge is 0.416 e. The fraction of sp³-hybridized carbons (Fsp3) is 0.467. The molecule has 1 heterocycles. The van der Waals surface area contributed by atoms with Crippen LogP contribution in [0.2, 0.25) is 0 Å². The zero-order valence-electron chi connectivity index (χ0n) is 13.1. The van der Waals surface area contributed by atoms with Gasteiger partial charge in [-0.15, -0.1) is 0 Å². The van der Waals surface area contributed by atoms with Crippen LogP contribution in [0.4, 0.5) is 31.1 Å². The summed E-state index contributed by atoms with van der Waals surface area (Å²) in [5, 5.41) is 10.4. The Balaban J connectivity index is 2.28. The third-order valence-electron chi connectivity index (χ3n) is 4.00. The molecule has 26 heavy (non-hydrogen) atoms. The van der Waals surface area contributed by atoms with Crippen LogP contribution in [0.25, 0.3) is 0 Å². The molecule has 2 N–H and O–H groups in total. The zero-order chi connectivity index (χ0) is 19.7. The van der Waals surface area contributed by atoms with Gasteiger partial charge in [-0.05, 0) is 18.1 Å². The fourth-order valence-corrected chi connectivity index (χ4v) is 2.70. The van der Waals surface area contributed by atoms with E-state index < -0.39 is 47.4 Å². The fourth-order valence-electron chi connectivity index (χ4n) is 2.70. The maximum atomic E-state index is 13.3. The molecule has 0 aliphatic carbocycles. The van der Waals surface area contributed by atoms with E-state index in [0.717, 1.165) is 17.0 Å². The molecular weight excluding hydrogens is 370 g/mol. The Bertz CT molecular complexity index is 689. The Hall–Kier alpha value is -2.46. The average Bonchev–Trinajstić information content (AvgIpc) is 3.00. The highest BCUT2D eigenvalue weighted by Gasteiger charge is 2.47. The summed E-state index contributed by atoms with van der Waals surface area (Å²) >= 11 is 0. The molecule has 2 rings (SSSR count). The van der Waals surface area contributed by atoms with E-state index in [1.807, 2.05) is 0 Å². The summed E-state index contributed by atoms with van der Waals surface area (Å²) in [6.07, 6.45) is -10.2. The van der Waals surface area contributed by atoms with Gasteiger partial charge in [0.05, 0.1) is 11.5 Å². The monoisotopic (exact) mass is 384 g/mol. The molecule has 2 atom stereocenters. The molecule has 11 heteroatoms. The number of likely N-dealkylation sites (tertiary alicyclic amines) is 1. The highest BCUT2D eigenvalue weighted by atomic mass is 19.4. The highest BCUT2D eigenvalue weighted by Crippen LogP contribution is 2.40. The Labute approximate surface area is 143 Å². The number of hydrogen-bond donors (Lipinski definition) is 2. The minimum atomic E-state index is -5.18. The quantitative estimate of drug-likeness (QED) is 0.785. The zero-order valence-corrected chi connectivity index (χ0v) is 13.1. The molecule has 2 unspecified atom stereocenters. The molecule has 0 saturated carbocycles. The SMILES string of the molecule is O=C(O)C1CCN(C(=O)NC(c2ccccc2C(F)(F)F)C(F)(F)F)C1. The molecule has 1 fully saturated rings. The van der Waals surface area contributed by atoms with E-state index in [0.29, 0.717) is 12.1 Å². The van der Waals surface area contributed by atoms with E-state index in [2.05, 4.69) is 0 Å². The summed E-state index contributed by atoms with van der Waals surface area (Å²) < 4.78 is 79.1. The molecule has 1 aliphatic rings. The van der Waals surface area contributed by atoms with Crippen molar-refractivity contribution in [2.24, 2.45) is 5.92 Å². The molecule has 1 aromatic rings. The molecule has 0 spiro atoms. The largest absolute Gasteiger partial charge is 0.481 e. The predicted octanol–water partition coefficient (Wildman–Crippen LogP) is 3.42. The lowest BCUT2D eigenvalue weighted by atomic mass is 9.99. The summed E-state index contributed by atoms with van der Waals surface area (Å²) in [6, 6.07) is -1.06. The van der Waals surface area contributed by atoms with E-state index in [1.54, 1.807) is 5.32 Å². The van der Waals surface area contributed by atoms with Gasteiger partial charge in [-0.25, -0.2) is 4.79 Å². The van der Waals surface area contributed by atoms with Crippen molar-refractivity contribution < 1.29 is 41.0 Å². The van der Waals surface area contributed by atoms with Crippen molar-refractivity contribution in [2.45, 2.75) is 24.8 Å². The topological polar surface area (TPSA) is 69.6 Å². The van der Waals surface area contributed by atoms with Gasteiger partial charge in [0.15, 0.2) is 6.04 Å². The first kappa shape index (κ1) is 19.9. The van der Waals surface area contributed by atoms with Crippen LogP contribution in [0, 0.1) is 5.92 Å². The molecule has 5 nitrogen and oxygen atoms in total. The molecular formula is C15H14F6N2O3. The van der Waals surface area contributed by atoms with Gasteiger partial charge in [-0.2, -0.15) is 26.3 Å². The van der Waals surface area contributed by atoms with Gasteiger partial charge in [0.1, 0.15) is 0 Å². The van der Waals surface area contributed by atoms with E-state index in [4.69, 9.17) is 5.11 Å². The number of carbonyl (C=O) groups is 2.